The molecule has 0 N–H and O–H groups in total. The summed E-state index contributed by atoms with van der Waals surface area (Å²) in [6.07, 6.45) is 0. The van der Waals surface area contributed by atoms with E-state index in [-0.39, 0.29) is 5.78 Å². The van der Waals surface area contributed by atoms with Gasteiger partial charge in [-0.05, 0) is 0 Å². The van der Waals surface area contributed by atoms with Gasteiger partial charge in [0.15, 0.2) is 0 Å². The third-order valence-electron chi connectivity index (χ3n) is 3.20. The van der Waals surface area contributed by atoms with Crippen molar-refractivity contribution in [2.75, 3.05) is 0 Å². The van der Waals surface area contributed by atoms with Gasteiger partial charge < -0.3 is 0 Å². The summed E-state index contributed by atoms with van der Waals surface area (Å²) in [6, 6.07) is 16.6. The molecule has 1 heterocycles. The van der Waals surface area contributed by atoms with E-state index in [0.29, 0.717) is 14.5 Å². The van der Waals surface area contributed by atoms with Crippen LogP contribution in [0.5, 0.6) is 0 Å². The van der Waals surface area contributed by atoms with Crippen LogP contribution in [0.15, 0.2) is 65.0 Å². The number of benzene rings is 2. The van der Waals surface area contributed by atoms with Crippen molar-refractivity contribution < 1.29 is 4.79 Å². The first-order valence-corrected chi connectivity index (χ1v) is 8.53. The first kappa shape index (κ1) is 15.3. The number of nitroso groups, excluding NO2 is 1. The molecule has 0 amide bonds. The van der Waals surface area contributed by atoms with Gasteiger partial charge in [0.2, 0.25) is 0 Å². The zero-order valence-electron chi connectivity index (χ0n) is 12.2. The SMILES string of the molecule is Cc1ccc(C(=O)c2nn(-c3ccccc3)/c(=N/N=O)[se]2)cc1. The molecule has 0 aliphatic carbocycles. The molecule has 0 fully saturated rings. The number of hydrogen-bond donors (Lipinski definition) is 0. The van der Waals surface area contributed by atoms with Crippen molar-refractivity contribution in [3.8, 4) is 5.69 Å². The molecule has 7 heteroatoms. The van der Waals surface area contributed by atoms with Gasteiger partial charge in [-0.25, -0.2) is 0 Å². The molecule has 0 saturated carbocycles. The molecule has 114 valence electrons. The van der Waals surface area contributed by atoms with Crippen molar-refractivity contribution >= 4 is 20.3 Å². The van der Waals surface area contributed by atoms with Crippen LogP contribution < -0.4 is 4.36 Å². The molecule has 0 radical (unpaired) electrons. The number of aromatic nitrogens is 2. The Bertz CT molecular complexity index is 911. The minimum atomic E-state index is -0.467. The van der Waals surface area contributed by atoms with E-state index in [0.717, 1.165) is 11.3 Å². The molecule has 0 unspecified atom stereocenters. The maximum atomic E-state index is 12.6. The molecule has 0 atom stereocenters. The molecule has 6 nitrogen and oxygen atoms in total. The zero-order chi connectivity index (χ0) is 16.2. The second-order valence-corrected chi connectivity index (χ2v) is 6.82. The molecule has 23 heavy (non-hydrogen) atoms. The van der Waals surface area contributed by atoms with E-state index in [1.54, 1.807) is 12.1 Å². The average molecular weight is 371 g/mol. The predicted molar refractivity (Wildman–Crippen MR) is 86.5 cm³/mol. The molecule has 0 bridgehead atoms. The van der Waals surface area contributed by atoms with E-state index in [1.165, 1.54) is 4.68 Å². The fraction of sp³-hybridized carbons (Fsp3) is 0.0625. The topological polar surface area (TPSA) is 76.7 Å². The van der Waals surface area contributed by atoms with Crippen LogP contribution in [0.4, 0.5) is 0 Å². The predicted octanol–water partition coefficient (Wildman–Crippen LogP) is 2.05. The molecule has 0 saturated heterocycles. The summed E-state index contributed by atoms with van der Waals surface area (Å²) < 4.78 is 2.30. The van der Waals surface area contributed by atoms with Crippen molar-refractivity contribution in [1.82, 2.24) is 9.78 Å². The van der Waals surface area contributed by atoms with Crippen LogP contribution in [0.3, 0.4) is 0 Å². The Hall–Kier alpha value is -2.63. The Morgan fingerprint density at radius 1 is 1.09 bits per heavy atom. The Balaban J connectivity index is 2.08. The Kier molecular flexibility index (Phi) is 4.41. The maximum absolute atomic E-state index is 12.6. The molecule has 3 aromatic rings. The number of para-hydroxylation sites is 1. The normalized spacial score (nSPS) is 11.4. The van der Waals surface area contributed by atoms with Crippen molar-refractivity contribution in [2.24, 2.45) is 10.4 Å². The molecule has 2 aromatic carbocycles. The van der Waals surface area contributed by atoms with E-state index in [9.17, 15) is 9.70 Å². The summed E-state index contributed by atoms with van der Waals surface area (Å²) >= 11 is -0.467. The zero-order valence-corrected chi connectivity index (χ0v) is 13.9. The molecule has 0 aliphatic rings. The summed E-state index contributed by atoms with van der Waals surface area (Å²) in [4.78, 5) is 23.1. The molecule has 1 aromatic heterocycles. The number of carbonyl (C=O) groups excluding carboxylic acids is 1. The average Bonchev–Trinajstić information content (AvgIpc) is 3.00. The number of hydrogen-bond acceptors (Lipinski definition) is 4. The van der Waals surface area contributed by atoms with Crippen molar-refractivity contribution in [3.05, 3.63) is 79.6 Å². The summed E-state index contributed by atoms with van der Waals surface area (Å²) in [5, 5.41) is 10.5. The van der Waals surface area contributed by atoms with Gasteiger partial charge in [-0.15, -0.1) is 0 Å². The first-order chi connectivity index (χ1) is 11.2. The molecule has 3 rings (SSSR count). The van der Waals surface area contributed by atoms with E-state index < -0.39 is 14.5 Å². The monoisotopic (exact) mass is 372 g/mol. The van der Waals surface area contributed by atoms with Crippen molar-refractivity contribution in [1.29, 1.82) is 0 Å². The van der Waals surface area contributed by atoms with E-state index in [1.807, 2.05) is 49.4 Å². The van der Waals surface area contributed by atoms with Gasteiger partial charge in [0.1, 0.15) is 0 Å². The Labute approximate surface area is 137 Å². The van der Waals surface area contributed by atoms with Gasteiger partial charge in [-0.1, -0.05) is 0 Å². The standard InChI is InChI=1S/C16H12N4O2Se/c1-11-7-9-12(10-8-11)14(21)15-18-20(16(23-15)17-19-22)13-5-3-2-4-6-13/h2-10H,1H3/b17-16-. The van der Waals surface area contributed by atoms with Crippen LogP contribution in [0.2, 0.25) is 0 Å². The summed E-state index contributed by atoms with van der Waals surface area (Å²) in [5.41, 5.74) is 2.40. The molecular weight excluding hydrogens is 359 g/mol. The fourth-order valence-corrected chi connectivity index (χ4v) is 3.74. The quantitative estimate of drug-likeness (QED) is 0.305. The molecular formula is C16H12N4O2Se. The number of carbonyl (C=O) groups is 1. The fourth-order valence-electron chi connectivity index (χ4n) is 2.04. The number of aryl methyl sites for hydroxylation is 1. The Morgan fingerprint density at radius 3 is 2.43 bits per heavy atom. The second kappa shape index (κ2) is 6.64. The third kappa shape index (κ3) is 3.26. The summed E-state index contributed by atoms with van der Waals surface area (Å²) in [5.74, 6) is -0.151. The van der Waals surface area contributed by atoms with Crippen LogP contribution in [-0.2, 0) is 0 Å². The number of nitrogens with zero attached hydrogens (tertiary/aromatic N) is 4. The Morgan fingerprint density at radius 2 is 1.78 bits per heavy atom. The van der Waals surface area contributed by atoms with Gasteiger partial charge in [-0.2, -0.15) is 0 Å². The van der Waals surface area contributed by atoms with Crippen molar-refractivity contribution in [3.63, 3.8) is 0 Å². The van der Waals surface area contributed by atoms with Crippen LogP contribution in [0.1, 0.15) is 20.5 Å². The van der Waals surface area contributed by atoms with Crippen LogP contribution >= 0.6 is 0 Å². The van der Waals surface area contributed by atoms with Crippen LogP contribution in [-0.4, -0.2) is 30.1 Å². The summed E-state index contributed by atoms with van der Waals surface area (Å²) in [6.45, 7) is 1.96. The van der Waals surface area contributed by atoms with E-state index in [2.05, 4.69) is 15.5 Å². The van der Waals surface area contributed by atoms with Crippen LogP contribution in [0, 0.1) is 11.8 Å². The van der Waals surface area contributed by atoms with Gasteiger partial charge >= 0.3 is 137 Å². The van der Waals surface area contributed by atoms with E-state index >= 15 is 0 Å². The van der Waals surface area contributed by atoms with Gasteiger partial charge in [0.25, 0.3) is 0 Å². The second-order valence-electron chi connectivity index (χ2n) is 4.81. The molecule has 0 spiro atoms. The van der Waals surface area contributed by atoms with Gasteiger partial charge in [0.05, 0.1) is 0 Å². The number of ketones is 1. The van der Waals surface area contributed by atoms with Crippen molar-refractivity contribution in [2.45, 2.75) is 6.92 Å². The van der Waals surface area contributed by atoms with Gasteiger partial charge in [0, 0.05) is 0 Å². The third-order valence-corrected chi connectivity index (χ3v) is 5.08. The minimum absolute atomic E-state index is 0.151. The van der Waals surface area contributed by atoms with E-state index in [4.69, 9.17) is 0 Å². The van der Waals surface area contributed by atoms with Gasteiger partial charge in [-0.3, -0.25) is 0 Å². The first-order valence-electron chi connectivity index (χ1n) is 6.82. The van der Waals surface area contributed by atoms with Crippen LogP contribution in [0.25, 0.3) is 5.69 Å². The number of rotatable bonds is 4. The molecule has 0 aliphatic heterocycles. The summed E-state index contributed by atoms with van der Waals surface area (Å²) in [7, 11) is 0.